The molecule has 1 aromatic heterocycles. The van der Waals surface area contributed by atoms with Gasteiger partial charge in [-0.1, -0.05) is 0 Å². The molecular weight excluding hydrogens is 141 g/mol. The molecule has 0 aliphatic carbocycles. The molecule has 0 spiro atoms. The normalized spacial score (nSPS) is 8.22. The third-order valence-electron chi connectivity index (χ3n) is 0.842. The van der Waals surface area contributed by atoms with Crippen LogP contribution < -0.4 is 0 Å². The first kappa shape index (κ1) is 8.37. The molecule has 0 saturated carbocycles. The molecule has 0 saturated heterocycles. The highest BCUT2D eigenvalue weighted by Crippen LogP contribution is 1.96. The number of aryl methyl sites for hydroxylation is 1. The second-order valence-electron chi connectivity index (χ2n) is 1.68. The van der Waals surface area contributed by atoms with E-state index in [4.69, 9.17) is 0 Å². The lowest BCUT2D eigenvalue weighted by Crippen LogP contribution is -1.77. The maximum absolute atomic E-state index is 12.1. The molecule has 1 heterocycles. The first-order valence-electron chi connectivity index (χ1n) is 2.36. The van der Waals surface area contributed by atoms with Crippen molar-refractivity contribution in [1.29, 1.82) is 0 Å². The fraction of sp³-hybridized carbons (Fsp3) is 0.167. The molecule has 1 aromatic rings. The molecule has 3 heteroatoms. The van der Waals surface area contributed by atoms with Crippen LogP contribution in [0.15, 0.2) is 18.5 Å². The van der Waals surface area contributed by atoms with Gasteiger partial charge in [-0.05, 0) is 18.6 Å². The molecule has 1 rings (SSSR count). The van der Waals surface area contributed by atoms with Crippen molar-refractivity contribution in [1.82, 2.24) is 4.98 Å². The molecule has 0 radical (unpaired) electrons. The van der Waals surface area contributed by atoms with Gasteiger partial charge in [0, 0.05) is 6.20 Å². The molecule has 0 amide bonds. The van der Waals surface area contributed by atoms with Crippen molar-refractivity contribution in [3.05, 3.63) is 29.8 Å². The van der Waals surface area contributed by atoms with Crippen molar-refractivity contribution in [3.8, 4) is 0 Å². The van der Waals surface area contributed by atoms with Gasteiger partial charge in [0.15, 0.2) is 0 Å². The minimum Gasteiger partial charge on any atom is -0.261 e. The van der Waals surface area contributed by atoms with Crippen molar-refractivity contribution in [2.75, 3.05) is 0 Å². The third-order valence-corrected chi connectivity index (χ3v) is 0.842. The Hall–Kier alpha value is -0.630. The number of hydrogen-bond donors (Lipinski definition) is 0. The maximum atomic E-state index is 12.1. The highest BCUT2D eigenvalue weighted by atomic mass is 35.5. The van der Waals surface area contributed by atoms with Crippen LogP contribution in [0.25, 0.3) is 0 Å². The van der Waals surface area contributed by atoms with E-state index in [2.05, 4.69) is 4.98 Å². The predicted octanol–water partition coefficient (Wildman–Crippen LogP) is 1.95. The van der Waals surface area contributed by atoms with Gasteiger partial charge in [-0.2, -0.15) is 0 Å². The zero-order valence-corrected chi connectivity index (χ0v) is 5.78. The zero-order chi connectivity index (χ0) is 5.98. The summed E-state index contributed by atoms with van der Waals surface area (Å²) in [6.07, 6.45) is 2.80. The summed E-state index contributed by atoms with van der Waals surface area (Å²) in [6, 6.07) is 1.44. The van der Waals surface area contributed by atoms with Gasteiger partial charge in [0.1, 0.15) is 5.82 Å². The molecule has 50 valence electrons. The summed E-state index contributed by atoms with van der Waals surface area (Å²) < 4.78 is 12.1. The van der Waals surface area contributed by atoms with E-state index in [0.717, 1.165) is 5.56 Å². The Morgan fingerprint density at radius 3 is 2.44 bits per heavy atom. The number of rotatable bonds is 0. The molecule has 0 atom stereocenters. The number of halogens is 2. The van der Waals surface area contributed by atoms with Gasteiger partial charge in [0.25, 0.3) is 0 Å². The van der Waals surface area contributed by atoms with Crippen LogP contribution in [-0.2, 0) is 0 Å². The Bertz CT molecular complexity index is 173. The molecule has 0 aromatic carbocycles. The van der Waals surface area contributed by atoms with Crippen molar-refractivity contribution in [2.45, 2.75) is 6.92 Å². The molecule has 0 unspecified atom stereocenters. The standard InChI is InChI=1S/C6H6FN.ClH/c1-5-2-6(7)4-8-3-5;/h2-4H,1H3;1H. The molecular formula is C6H7ClFN. The van der Waals surface area contributed by atoms with E-state index >= 15 is 0 Å². The minimum atomic E-state index is -0.273. The summed E-state index contributed by atoms with van der Waals surface area (Å²) >= 11 is 0. The van der Waals surface area contributed by atoms with Crippen molar-refractivity contribution >= 4 is 12.4 Å². The average molecular weight is 148 g/mol. The Morgan fingerprint density at radius 1 is 1.44 bits per heavy atom. The molecule has 0 aliphatic rings. The SMILES string of the molecule is Cc1cncc(F)c1.Cl. The highest BCUT2D eigenvalue weighted by Gasteiger charge is 1.85. The van der Waals surface area contributed by atoms with E-state index in [1.165, 1.54) is 12.3 Å². The van der Waals surface area contributed by atoms with E-state index < -0.39 is 0 Å². The van der Waals surface area contributed by atoms with Gasteiger partial charge in [0.05, 0.1) is 6.20 Å². The number of hydrogen-bond acceptors (Lipinski definition) is 1. The highest BCUT2D eigenvalue weighted by molar-refractivity contribution is 5.85. The Balaban J connectivity index is 0.000000640. The zero-order valence-electron chi connectivity index (χ0n) is 4.97. The van der Waals surface area contributed by atoms with Gasteiger partial charge in [-0.15, -0.1) is 12.4 Å². The molecule has 0 N–H and O–H groups in total. The molecule has 1 nitrogen and oxygen atoms in total. The Morgan fingerprint density at radius 2 is 2.11 bits per heavy atom. The fourth-order valence-corrected chi connectivity index (χ4v) is 0.518. The fourth-order valence-electron chi connectivity index (χ4n) is 0.518. The van der Waals surface area contributed by atoms with Crippen LogP contribution >= 0.6 is 12.4 Å². The van der Waals surface area contributed by atoms with Crippen LogP contribution in [0, 0.1) is 12.7 Å². The summed E-state index contributed by atoms with van der Waals surface area (Å²) in [5.74, 6) is -0.273. The van der Waals surface area contributed by atoms with E-state index in [0.29, 0.717) is 0 Å². The van der Waals surface area contributed by atoms with Crippen LogP contribution in [0.1, 0.15) is 5.56 Å². The molecule has 0 fully saturated rings. The topological polar surface area (TPSA) is 12.9 Å². The summed E-state index contributed by atoms with van der Waals surface area (Å²) in [7, 11) is 0. The molecule has 9 heavy (non-hydrogen) atoms. The minimum absolute atomic E-state index is 0. The second-order valence-corrected chi connectivity index (χ2v) is 1.68. The van der Waals surface area contributed by atoms with Gasteiger partial charge < -0.3 is 0 Å². The van der Waals surface area contributed by atoms with Crippen LogP contribution in [0.4, 0.5) is 4.39 Å². The van der Waals surface area contributed by atoms with E-state index in [-0.39, 0.29) is 18.2 Å². The lowest BCUT2D eigenvalue weighted by atomic mass is 10.3. The van der Waals surface area contributed by atoms with Crippen molar-refractivity contribution < 1.29 is 4.39 Å². The summed E-state index contributed by atoms with van der Waals surface area (Å²) in [4.78, 5) is 3.61. The number of nitrogens with zero attached hydrogens (tertiary/aromatic N) is 1. The average Bonchev–Trinajstić information content (AvgIpc) is 1.64. The van der Waals surface area contributed by atoms with Gasteiger partial charge in [0.2, 0.25) is 0 Å². The van der Waals surface area contributed by atoms with Crippen molar-refractivity contribution in [3.63, 3.8) is 0 Å². The monoisotopic (exact) mass is 147 g/mol. The first-order valence-corrected chi connectivity index (χ1v) is 2.36. The van der Waals surface area contributed by atoms with Crippen LogP contribution in [0.3, 0.4) is 0 Å². The Labute approximate surface area is 59.3 Å². The quantitative estimate of drug-likeness (QED) is 0.547. The molecule has 0 aliphatic heterocycles. The van der Waals surface area contributed by atoms with Crippen molar-refractivity contribution in [2.24, 2.45) is 0 Å². The lowest BCUT2D eigenvalue weighted by Gasteiger charge is -1.86. The maximum Gasteiger partial charge on any atom is 0.141 e. The van der Waals surface area contributed by atoms with Crippen LogP contribution in [-0.4, -0.2) is 4.98 Å². The second kappa shape index (κ2) is 3.41. The predicted molar refractivity (Wildman–Crippen MR) is 36.2 cm³/mol. The number of aromatic nitrogens is 1. The van der Waals surface area contributed by atoms with Crippen LogP contribution in [0.2, 0.25) is 0 Å². The van der Waals surface area contributed by atoms with Gasteiger partial charge in [-0.25, -0.2) is 4.39 Å². The lowest BCUT2D eigenvalue weighted by molar-refractivity contribution is 0.620. The summed E-state index contributed by atoms with van der Waals surface area (Å²) in [5.41, 5.74) is 0.852. The van der Waals surface area contributed by atoms with E-state index in [1.807, 2.05) is 0 Å². The van der Waals surface area contributed by atoms with Crippen LogP contribution in [0.5, 0.6) is 0 Å². The van der Waals surface area contributed by atoms with Gasteiger partial charge >= 0.3 is 0 Å². The Kier molecular flexibility index (Phi) is 3.17. The van der Waals surface area contributed by atoms with E-state index in [1.54, 1.807) is 13.1 Å². The first-order chi connectivity index (χ1) is 3.79. The third kappa shape index (κ3) is 2.42. The summed E-state index contributed by atoms with van der Waals surface area (Å²) in [6.45, 7) is 1.80. The van der Waals surface area contributed by atoms with Gasteiger partial charge in [-0.3, -0.25) is 4.98 Å². The van der Waals surface area contributed by atoms with E-state index in [9.17, 15) is 4.39 Å². The number of pyridine rings is 1. The molecule has 0 bridgehead atoms. The smallest absolute Gasteiger partial charge is 0.141 e. The largest absolute Gasteiger partial charge is 0.261 e. The summed E-state index contributed by atoms with van der Waals surface area (Å²) in [5, 5.41) is 0.